The molecule has 2 N–H and O–H groups in total. The number of likely N-dealkylation sites (tertiary alicyclic amines) is 1. The highest BCUT2D eigenvalue weighted by atomic mass is 35.5. The number of rotatable bonds is 10. The number of carbonyl (C=O) groups is 2. The Bertz CT molecular complexity index is 627. The molecule has 0 saturated carbocycles. The third-order valence-corrected chi connectivity index (χ3v) is 5.16. The molecular weight excluding hydrogens is 378 g/mol. The van der Waals surface area contributed by atoms with Crippen molar-refractivity contribution < 1.29 is 14.3 Å². The van der Waals surface area contributed by atoms with Crippen molar-refractivity contribution in [1.82, 2.24) is 15.5 Å². The summed E-state index contributed by atoms with van der Waals surface area (Å²) in [6.45, 7) is 4.28. The molecule has 28 heavy (non-hydrogen) atoms. The molecule has 0 spiro atoms. The Morgan fingerprint density at radius 3 is 2.68 bits per heavy atom. The van der Waals surface area contributed by atoms with Crippen molar-refractivity contribution in [2.24, 2.45) is 5.92 Å². The van der Waals surface area contributed by atoms with Gasteiger partial charge in [-0.05, 0) is 38.9 Å². The highest BCUT2D eigenvalue weighted by Gasteiger charge is 2.41. The fraction of sp³-hybridized carbons (Fsp3) is 0.619. The number of nitrogens with one attached hydrogen (secondary N) is 2. The zero-order valence-corrected chi connectivity index (χ0v) is 18.0. The topological polar surface area (TPSA) is 70.7 Å². The molecule has 2 rings (SSSR count). The van der Waals surface area contributed by atoms with Crippen molar-refractivity contribution in [3.05, 3.63) is 29.8 Å². The fourth-order valence-corrected chi connectivity index (χ4v) is 3.72. The minimum atomic E-state index is -0.279. The van der Waals surface area contributed by atoms with E-state index in [0.717, 1.165) is 37.1 Å². The van der Waals surface area contributed by atoms with Crippen LogP contribution in [0.1, 0.15) is 50.6 Å². The van der Waals surface area contributed by atoms with Crippen molar-refractivity contribution in [1.29, 1.82) is 0 Å². The Balaban J connectivity index is 0.00000392. The number of amides is 2. The normalized spacial score (nSPS) is 19.1. The number of ether oxygens (including phenoxy) is 1. The third-order valence-electron chi connectivity index (χ3n) is 5.16. The average Bonchev–Trinajstić information content (AvgIpc) is 2.69. The summed E-state index contributed by atoms with van der Waals surface area (Å²) in [6.07, 6.45) is 3.80. The highest BCUT2D eigenvalue weighted by Crippen LogP contribution is 2.40. The maximum atomic E-state index is 13.0. The number of unbranched alkanes of at least 4 members (excludes halogenated alkanes) is 1. The Morgan fingerprint density at radius 1 is 1.25 bits per heavy atom. The van der Waals surface area contributed by atoms with Crippen LogP contribution in [0.2, 0.25) is 0 Å². The van der Waals surface area contributed by atoms with Gasteiger partial charge in [-0.25, -0.2) is 0 Å². The molecular formula is C21H34ClN3O3. The summed E-state index contributed by atoms with van der Waals surface area (Å²) in [6, 6.07) is 7.45. The summed E-state index contributed by atoms with van der Waals surface area (Å²) < 4.78 is 5.55. The standard InChI is InChI=1S/C21H33N3O3.ClH/c1-4-5-15-24-19(25)12-11-17(21(26)23-14-8-13-22-2)20(24)16-9-6-7-10-18(16)27-3;/h6-7,9-10,17,20,22H,4-5,8,11-15H2,1-3H3,(H,23,26);1H. The number of carbonyl (C=O) groups excluding carboxylic acids is 2. The van der Waals surface area contributed by atoms with Gasteiger partial charge >= 0.3 is 0 Å². The minimum absolute atomic E-state index is 0. The molecule has 1 saturated heterocycles. The average molecular weight is 412 g/mol. The predicted octanol–water partition coefficient (Wildman–Crippen LogP) is 2.92. The summed E-state index contributed by atoms with van der Waals surface area (Å²) in [5.74, 6) is 0.617. The van der Waals surface area contributed by atoms with E-state index in [4.69, 9.17) is 4.74 Å². The second-order valence-electron chi connectivity index (χ2n) is 7.02. The lowest BCUT2D eigenvalue weighted by Crippen LogP contribution is -2.48. The lowest BCUT2D eigenvalue weighted by molar-refractivity contribution is -0.143. The molecule has 1 aliphatic heterocycles. The molecule has 0 aliphatic carbocycles. The quantitative estimate of drug-likeness (QED) is 0.581. The van der Waals surface area contributed by atoms with Crippen LogP contribution in [0.25, 0.3) is 0 Å². The van der Waals surface area contributed by atoms with Crippen LogP contribution >= 0.6 is 12.4 Å². The molecule has 158 valence electrons. The molecule has 2 atom stereocenters. The van der Waals surface area contributed by atoms with E-state index >= 15 is 0 Å². The fourth-order valence-electron chi connectivity index (χ4n) is 3.72. The van der Waals surface area contributed by atoms with Gasteiger partial charge in [0.15, 0.2) is 0 Å². The van der Waals surface area contributed by atoms with Gasteiger partial charge in [-0.2, -0.15) is 0 Å². The molecule has 2 unspecified atom stereocenters. The first kappa shape index (κ1) is 24.2. The first-order valence-corrected chi connectivity index (χ1v) is 9.98. The molecule has 0 aromatic heterocycles. The van der Waals surface area contributed by atoms with Crippen LogP contribution in [-0.4, -0.2) is 50.5 Å². The Kier molecular flexibility index (Phi) is 10.9. The first-order valence-electron chi connectivity index (χ1n) is 9.98. The van der Waals surface area contributed by atoms with E-state index in [0.29, 0.717) is 25.9 Å². The van der Waals surface area contributed by atoms with Crippen LogP contribution in [0.4, 0.5) is 0 Å². The number of halogens is 1. The molecule has 1 aliphatic rings. The Labute approximate surface area is 174 Å². The number of nitrogens with zero attached hydrogens (tertiary/aromatic N) is 1. The van der Waals surface area contributed by atoms with Crippen LogP contribution in [0.5, 0.6) is 5.75 Å². The van der Waals surface area contributed by atoms with Crippen LogP contribution < -0.4 is 15.4 Å². The Hall–Kier alpha value is -1.79. The van der Waals surface area contributed by atoms with E-state index in [-0.39, 0.29) is 36.2 Å². The van der Waals surface area contributed by atoms with Gasteiger partial charge in [0.05, 0.1) is 19.1 Å². The van der Waals surface area contributed by atoms with Crippen molar-refractivity contribution >= 4 is 24.2 Å². The zero-order valence-electron chi connectivity index (χ0n) is 17.2. The van der Waals surface area contributed by atoms with Gasteiger partial charge in [-0.3, -0.25) is 9.59 Å². The van der Waals surface area contributed by atoms with E-state index in [9.17, 15) is 9.59 Å². The largest absolute Gasteiger partial charge is 0.496 e. The van der Waals surface area contributed by atoms with E-state index in [1.54, 1.807) is 7.11 Å². The summed E-state index contributed by atoms with van der Waals surface area (Å²) in [5.41, 5.74) is 0.916. The maximum absolute atomic E-state index is 13.0. The second kappa shape index (κ2) is 12.6. The minimum Gasteiger partial charge on any atom is -0.496 e. The van der Waals surface area contributed by atoms with Crippen molar-refractivity contribution in [3.8, 4) is 5.75 Å². The van der Waals surface area contributed by atoms with Gasteiger partial charge in [-0.15, -0.1) is 12.4 Å². The van der Waals surface area contributed by atoms with Crippen LogP contribution in [0.15, 0.2) is 24.3 Å². The summed E-state index contributed by atoms with van der Waals surface area (Å²) >= 11 is 0. The first-order chi connectivity index (χ1) is 13.1. The smallest absolute Gasteiger partial charge is 0.225 e. The number of hydrogen-bond acceptors (Lipinski definition) is 4. The lowest BCUT2D eigenvalue weighted by Gasteiger charge is -2.41. The molecule has 1 aromatic rings. The third kappa shape index (κ3) is 6.11. The monoisotopic (exact) mass is 411 g/mol. The van der Waals surface area contributed by atoms with E-state index in [1.807, 2.05) is 36.2 Å². The number of methoxy groups -OCH3 is 1. The SMILES string of the molecule is CCCCN1C(=O)CCC(C(=O)NCCCNC)C1c1ccccc1OC.Cl. The molecule has 1 fully saturated rings. The van der Waals surface area contributed by atoms with Gasteiger partial charge in [-0.1, -0.05) is 31.5 Å². The van der Waals surface area contributed by atoms with Gasteiger partial charge in [0, 0.05) is 25.1 Å². The zero-order chi connectivity index (χ0) is 19.6. The number of hydrogen-bond donors (Lipinski definition) is 2. The molecule has 1 heterocycles. The summed E-state index contributed by atoms with van der Waals surface area (Å²) in [4.78, 5) is 27.5. The van der Waals surface area contributed by atoms with Gasteiger partial charge in [0.1, 0.15) is 5.75 Å². The van der Waals surface area contributed by atoms with Gasteiger partial charge in [0.2, 0.25) is 11.8 Å². The van der Waals surface area contributed by atoms with Crippen LogP contribution in [0, 0.1) is 5.92 Å². The summed E-state index contributed by atoms with van der Waals surface area (Å²) in [7, 11) is 3.53. The maximum Gasteiger partial charge on any atom is 0.225 e. The van der Waals surface area contributed by atoms with Gasteiger partial charge < -0.3 is 20.3 Å². The molecule has 0 bridgehead atoms. The van der Waals surface area contributed by atoms with E-state index < -0.39 is 0 Å². The predicted molar refractivity (Wildman–Crippen MR) is 114 cm³/mol. The Morgan fingerprint density at radius 2 is 2.00 bits per heavy atom. The van der Waals surface area contributed by atoms with Crippen LogP contribution in [-0.2, 0) is 9.59 Å². The lowest BCUT2D eigenvalue weighted by atomic mass is 9.83. The van der Waals surface area contributed by atoms with Gasteiger partial charge in [0.25, 0.3) is 0 Å². The highest BCUT2D eigenvalue weighted by molar-refractivity contribution is 5.85. The molecule has 1 aromatic carbocycles. The van der Waals surface area contributed by atoms with Crippen molar-refractivity contribution in [2.75, 3.05) is 33.8 Å². The van der Waals surface area contributed by atoms with Crippen molar-refractivity contribution in [2.45, 2.75) is 45.1 Å². The number of benzene rings is 1. The molecule has 2 amide bonds. The summed E-state index contributed by atoms with van der Waals surface area (Å²) in [5, 5.41) is 6.14. The number of piperidine rings is 1. The molecule has 0 radical (unpaired) electrons. The van der Waals surface area contributed by atoms with E-state index in [1.165, 1.54) is 0 Å². The molecule has 7 heteroatoms. The van der Waals surface area contributed by atoms with Crippen LogP contribution in [0.3, 0.4) is 0 Å². The second-order valence-corrected chi connectivity index (χ2v) is 7.02. The van der Waals surface area contributed by atoms with Crippen molar-refractivity contribution in [3.63, 3.8) is 0 Å². The number of para-hydroxylation sites is 1. The van der Waals surface area contributed by atoms with E-state index in [2.05, 4.69) is 17.6 Å². The molecule has 6 nitrogen and oxygen atoms in total.